The average molecular weight is 492 g/mol. The van der Waals surface area contributed by atoms with Gasteiger partial charge in [-0.15, -0.1) is 0 Å². The molecule has 0 amide bonds. The van der Waals surface area contributed by atoms with Crippen molar-refractivity contribution in [3.63, 3.8) is 0 Å². The van der Waals surface area contributed by atoms with E-state index in [1.165, 1.54) is 0 Å². The lowest BCUT2D eigenvalue weighted by Crippen LogP contribution is -2.33. The third-order valence-electron chi connectivity index (χ3n) is 3.59. The Kier molecular flexibility index (Phi) is 24.0. The van der Waals surface area contributed by atoms with Gasteiger partial charge in [0.25, 0.3) is 0 Å². The minimum atomic E-state index is -1.18. The van der Waals surface area contributed by atoms with E-state index >= 15 is 0 Å². The predicted octanol–water partition coefficient (Wildman–Crippen LogP) is -2.41. The Morgan fingerprint density at radius 3 is 1.47 bits per heavy atom. The van der Waals surface area contributed by atoms with E-state index in [1.807, 2.05) is 30.3 Å². The standard InChI is InChI=1S/C9H11NO2.C6H14N2O2.C3H7NO3.C2H5NO2/c10-8(9(11)12)6-7-4-2-1-3-5-7;7-4-2-1-3-5(8)6(9)10;4-2(1-5)3(6)7;3-1-2(4)5/h1-5,8H,6,10H2,(H,11,12);5H,1-4,7-8H2,(H,9,10);2,5H,1,4H2,(H,6,7);1,3H2,(H,4,5)/t8-;5-;2-;/m000./s1. The lowest BCUT2D eigenvalue weighted by molar-refractivity contribution is -0.140. The molecule has 14 nitrogen and oxygen atoms in total. The number of aliphatic hydroxyl groups is 1. The van der Waals surface area contributed by atoms with E-state index in [0.29, 0.717) is 19.4 Å². The molecule has 34 heavy (non-hydrogen) atoms. The van der Waals surface area contributed by atoms with Gasteiger partial charge in [-0.25, -0.2) is 0 Å². The van der Waals surface area contributed by atoms with Crippen LogP contribution in [0.5, 0.6) is 0 Å². The molecule has 1 aromatic rings. The van der Waals surface area contributed by atoms with Gasteiger partial charge in [0.2, 0.25) is 0 Å². The SMILES string of the molecule is NCC(=O)O.NCCCC[C@H](N)C(=O)O.N[C@@H](CO)C(=O)O.N[C@@H](Cc1ccccc1)C(=O)O. The molecule has 196 valence electrons. The molecule has 0 saturated heterocycles. The molecule has 0 aliphatic carbocycles. The Balaban J connectivity index is -0.000000397. The quantitative estimate of drug-likeness (QED) is 0.144. The Morgan fingerprint density at radius 1 is 0.735 bits per heavy atom. The first-order valence-electron chi connectivity index (χ1n) is 10.1. The maximum Gasteiger partial charge on any atom is 0.322 e. The fourth-order valence-electron chi connectivity index (χ4n) is 1.67. The fourth-order valence-corrected chi connectivity index (χ4v) is 1.67. The molecular formula is C20H37N5O9. The highest BCUT2D eigenvalue weighted by Crippen LogP contribution is 2.01. The van der Waals surface area contributed by atoms with Gasteiger partial charge >= 0.3 is 23.9 Å². The molecule has 14 heteroatoms. The highest BCUT2D eigenvalue weighted by atomic mass is 16.4. The summed E-state index contributed by atoms with van der Waals surface area (Å²) in [7, 11) is 0. The number of hydrogen-bond donors (Lipinski definition) is 10. The highest BCUT2D eigenvalue weighted by molar-refractivity contribution is 5.74. The van der Waals surface area contributed by atoms with Gasteiger partial charge in [0.1, 0.15) is 18.1 Å². The lowest BCUT2D eigenvalue weighted by atomic mass is 10.1. The summed E-state index contributed by atoms with van der Waals surface area (Å²) in [6.45, 7) is -0.179. The normalized spacial score (nSPS) is 12.1. The van der Waals surface area contributed by atoms with Crippen LogP contribution >= 0.6 is 0 Å². The number of unbranched alkanes of at least 4 members (excludes halogenated alkanes) is 1. The molecule has 0 aromatic heterocycles. The zero-order chi connectivity index (χ0) is 27.1. The van der Waals surface area contributed by atoms with Gasteiger partial charge in [0, 0.05) is 0 Å². The maximum absolute atomic E-state index is 10.4. The number of benzene rings is 1. The van der Waals surface area contributed by atoms with Gasteiger partial charge < -0.3 is 54.2 Å². The van der Waals surface area contributed by atoms with Crippen LogP contribution in [0.15, 0.2) is 30.3 Å². The minimum absolute atomic E-state index is 0.278. The van der Waals surface area contributed by atoms with E-state index in [4.69, 9.17) is 48.5 Å². The van der Waals surface area contributed by atoms with Crippen molar-refractivity contribution in [3.05, 3.63) is 35.9 Å². The molecule has 0 unspecified atom stereocenters. The van der Waals surface area contributed by atoms with Crippen LogP contribution < -0.4 is 28.7 Å². The average Bonchev–Trinajstić information content (AvgIpc) is 2.80. The van der Waals surface area contributed by atoms with E-state index in [-0.39, 0.29) is 6.54 Å². The summed E-state index contributed by atoms with van der Waals surface area (Å²) in [5, 5.41) is 40.3. The highest BCUT2D eigenvalue weighted by Gasteiger charge is 2.11. The Bertz CT molecular complexity index is 692. The minimum Gasteiger partial charge on any atom is -0.480 e. The Hall–Kier alpha value is -3.14. The summed E-state index contributed by atoms with van der Waals surface area (Å²) in [6.07, 6.45) is 2.55. The molecule has 0 saturated carbocycles. The van der Waals surface area contributed by atoms with Gasteiger partial charge in [0.05, 0.1) is 13.2 Å². The smallest absolute Gasteiger partial charge is 0.322 e. The van der Waals surface area contributed by atoms with E-state index in [1.54, 1.807) is 0 Å². The van der Waals surface area contributed by atoms with E-state index in [9.17, 15) is 19.2 Å². The molecule has 0 bridgehead atoms. The van der Waals surface area contributed by atoms with Gasteiger partial charge in [-0.3, -0.25) is 19.2 Å². The van der Waals surface area contributed by atoms with Crippen molar-refractivity contribution in [3.8, 4) is 0 Å². The number of carboxylic acids is 4. The number of aliphatic carboxylic acids is 4. The summed E-state index contributed by atoms with van der Waals surface area (Å²) >= 11 is 0. The number of carbonyl (C=O) groups is 4. The van der Waals surface area contributed by atoms with Crippen LogP contribution in [0.3, 0.4) is 0 Å². The third kappa shape index (κ3) is 25.1. The molecule has 0 aliphatic rings. The first kappa shape index (κ1) is 35.4. The number of nitrogens with two attached hydrogens (primary N) is 5. The van der Waals surface area contributed by atoms with E-state index in [0.717, 1.165) is 18.4 Å². The predicted molar refractivity (Wildman–Crippen MR) is 124 cm³/mol. The van der Waals surface area contributed by atoms with Gasteiger partial charge in [0.15, 0.2) is 0 Å². The monoisotopic (exact) mass is 491 g/mol. The molecule has 0 radical (unpaired) electrons. The van der Waals surface area contributed by atoms with Crippen molar-refractivity contribution >= 4 is 23.9 Å². The first-order valence-corrected chi connectivity index (χ1v) is 10.1. The van der Waals surface area contributed by atoms with Crippen molar-refractivity contribution < 1.29 is 44.7 Å². The molecule has 1 aromatic carbocycles. The summed E-state index contributed by atoms with van der Waals surface area (Å²) in [4.78, 5) is 39.4. The molecule has 0 fully saturated rings. The Morgan fingerprint density at radius 2 is 1.18 bits per heavy atom. The van der Waals surface area contributed by atoms with Crippen LogP contribution in [0.25, 0.3) is 0 Å². The summed E-state index contributed by atoms with van der Waals surface area (Å²) < 4.78 is 0. The maximum atomic E-state index is 10.4. The van der Waals surface area contributed by atoms with Crippen LogP contribution in [0.4, 0.5) is 0 Å². The number of hydrogen-bond acceptors (Lipinski definition) is 10. The van der Waals surface area contributed by atoms with Crippen LogP contribution in [0, 0.1) is 0 Å². The van der Waals surface area contributed by atoms with Crippen molar-refractivity contribution in [1.82, 2.24) is 0 Å². The van der Waals surface area contributed by atoms with E-state index in [2.05, 4.69) is 5.73 Å². The summed E-state index contributed by atoms with van der Waals surface area (Å²) in [5.41, 5.74) is 26.1. The summed E-state index contributed by atoms with van der Waals surface area (Å²) in [5.74, 6) is -4.04. The second-order valence-electron chi connectivity index (χ2n) is 6.59. The number of aliphatic hydroxyl groups excluding tert-OH is 1. The van der Waals surface area contributed by atoms with Crippen molar-refractivity contribution in [2.24, 2.45) is 28.7 Å². The second kappa shape index (κ2) is 23.0. The number of rotatable bonds is 11. The fraction of sp³-hybridized carbons (Fsp3) is 0.500. The topological polar surface area (TPSA) is 300 Å². The van der Waals surface area contributed by atoms with Gasteiger partial charge in [-0.05, 0) is 31.4 Å². The first-order chi connectivity index (χ1) is 15.8. The van der Waals surface area contributed by atoms with Crippen molar-refractivity contribution in [1.29, 1.82) is 0 Å². The van der Waals surface area contributed by atoms with Crippen LogP contribution in [0.1, 0.15) is 24.8 Å². The molecule has 1 rings (SSSR count). The van der Waals surface area contributed by atoms with Gasteiger partial charge in [-0.2, -0.15) is 0 Å². The zero-order valence-corrected chi connectivity index (χ0v) is 18.8. The summed E-state index contributed by atoms with van der Waals surface area (Å²) in [6, 6.07) is 6.70. The van der Waals surface area contributed by atoms with Crippen molar-refractivity contribution in [2.45, 2.75) is 43.8 Å². The molecular weight excluding hydrogens is 454 g/mol. The zero-order valence-electron chi connectivity index (χ0n) is 18.8. The molecule has 15 N–H and O–H groups in total. The van der Waals surface area contributed by atoms with Crippen LogP contribution in [-0.4, -0.2) is 87.2 Å². The van der Waals surface area contributed by atoms with Crippen LogP contribution in [0.2, 0.25) is 0 Å². The van der Waals surface area contributed by atoms with Gasteiger partial charge in [-0.1, -0.05) is 36.8 Å². The number of carboxylic acid groups (broad SMARTS) is 4. The molecule has 0 spiro atoms. The lowest BCUT2D eigenvalue weighted by Gasteiger charge is -2.04. The molecule has 3 atom stereocenters. The Labute approximate surface area is 197 Å². The van der Waals surface area contributed by atoms with E-state index < -0.39 is 48.6 Å². The molecule has 0 aliphatic heterocycles. The third-order valence-corrected chi connectivity index (χ3v) is 3.59. The largest absolute Gasteiger partial charge is 0.480 e. The molecule has 0 heterocycles. The van der Waals surface area contributed by atoms with Crippen LogP contribution in [-0.2, 0) is 25.6 Å². The second-order valence-corrected chi connectivity index (χ2v) is 6.59. The van der Waals surface area contributed by atoms with Crippen molar-refractivity contribution in [2.75, 3.05) is 19.7 Å².